The standard InChI is InChI=1S/C20H24F3N5O4S/c1-12(25-17(30)16(29)24-2)11-28-9-7-19(8-10-28)15(26-27-18(31)32-19)13-5-3-4-6-14(13)33-20(21,22)23/h3-6,12H,7-11H2,1-2H3,(H,24,29)(H,25,30)(H,27,31)/t12-/m0/s1. The zero-order valence-electron chi connectivity index (χ0n) is 18.0. The molecule has 3 rings (SSSR count). The van der Waals surface area contributed by atoms with Crippen LogP contribution in [0.25, 0.3) is 0 Å². The maximum absolute atomic E-state index is 13.1. The molecule has 2 heterocycles. The van der Waals surface area contributed by atoms with E-state index in [0.717, 1.165) is 0 Å². The molecule has 0 saturated carbocycles. The van der Waals surface area contributed by atoms with Crippen molar-refractivity contribution in [3.8, 4) is 0 Å². The van der Waals surface area contributed by atoms with Crippen LogP contribution in [-0.2, 0) is 14.3 Å². The van der Waals surface area contributed by atoms with Crippen LogP contribution in [0.2, 0.25) is 0 Å². The third-order valence-corrected chi connectivity index (χ3v) is 6.16. The SMILES string of the molecule is CNC(=O)C(=O)N[C@@H](C)CN1CCC2(CC1)OC(=O)NN=C2c1ccccc1SC(F)(F)F. The largest absolute Gasteiger partial charge is 0.446 e. The van der Waals surface area contributed by atoms with Crippen LogP contribution < -0.4 is 16.1 Å². The molecule has 0 aromatic heterocycles. The molecule has 3 amide bonds. The Morgan fingerprint density at radius 2 is 1.94 bits per heavy atom. The summed E-state index contributed by atoms with van der Waals surface area (Å²) >= 11 is -0.244. The molecule has 3 N–H and O–H groups in total. The summed E-state index contributed by atoms with van der Waals surface area (Å²) in [7, 11) is 1.36. The second-order valence-corrected chi connectivity index (χ2v) is 8.86. The molecule has 1 aromatic carbocycles. The number of alkyl halides is 3. The van der Waals surface area contributed by atoms with Gasteiger partial charge in [-0.15, -0.1) is 0 Å². The highest BCUT2D eigenvalue weighted by molar-refractivity contribution is 8.00. The van der Waals surface area contributed by atoms with Crippen molar-refractivity contribution in [2.75, 3.05) is 26.7 Å². The number of rotatable bonds is 5. The van der Waals surface area contributed by atoms with Gasteiger partial charge in [0.2, 0.25) is 0 Å². The number of hydrogen-bond donors (Lipinski definition) is 3. The first-order chi connectivity index (χ1) is 15.5. The van der Waals surface area contributed by atoms with Crippen molar-refractivity contribution in [2.24, 2.45) is 5.10 Å². The first kappa shape index (κ1) is 24.8. The van der Waals surface area contributed by atoms with Crippen molar-refractivity contribution in [3.63, 3.8) is 0 Å². The lowest BCUT2D eigenvalue weighted by molar-refractivity contribution is -0.139. The number of hydrazone groups is 1. The van der Waals surface area contributed by atoms with E-state index in [-0.39, 0.29) is 34.0 Å². The van der Waals surface area contributed by atoms with Crippen LogP contribution in [0.1, 0.15) is 25.3 Å². The van der Waals surface area contributed by atoms with Gasteiger partial charge in [0.1, 0.15) is 5.71 Å². The number of likely N-dealkylation sites (N-methyl/N-ethyl adjacent to an activating group) is 1. The maximum Gasteiger partial charge on any atom is 0.446 e. The second kappa shape index (κ2) is 10.00. The minimum atomic E-state index is -4.48. The number of halogens is 3. The van der Waals surface area contributed by atoms with Gasteiger partial charge in [-0.3, -0.25) is 9.59 Å². The van der Waals surface area contributed by atoms with E-state index < -0.39 is 29.0 Å². The number of carbonyl (C=O) groups is 3. The molecule has 9 nitrogen and oxygen atoms in total. The minimum Gasteiger partial charge on any atom is -0.435 e. The van der Waals surface area contributed by atoms with Crippen LogP contribution in [0, 0.1) is 0 Å². The fraction of sp³-hybridized carbons (Fsp3) is 0.500. The minimum absolute atomic E-state index is 0.0316. The van der Waals surface area contributed by atoms with Crippen LogP contribution in [0.4, 0.5) is 18.0 Å². The predicted molar refractivity (Wildman–Crippen MR) is 115 cm³/mol. The van der Waals surface area contributed by atoms with Gasteiger partial charge in [-0.1, -0.05) is 18.2 Å². The molecule has 0 unspecified atom stereocenters. The quantitative estimate of drug-likeness (QED) is 0.432. The van der Waals surface area contributed by atoms with Crippen molar-refractivity contribution in [2.45, 2.75) is 41.8 Å². The molecule has 1 atom stereocenters. The van der Waals surface area contributed by atoms with E-state index in [0.29, 0.717) is 32.5 Å². The van der Waals surface area contributed by atoms with E-state index >= 15 is 0 Å². The van der Waals surface area contributed by atoms with Crippen LogP contribution in [0.3, 0.4) is 0 Å². The fourth-order valence-electron chi connectivity index (χ4n) is 3.91. The number of hydrogen-bond acceptors (Lipinski definition) is 7. The molecule has 1 saturated heterocycles. The zero-order valence-corrected chi connectivity index (χ0v) is 18.8. The Kier molecular flexibility index (Phi) is 7.52. The highest BCUT2D eigenvalue weighted by Gasteiger charge is 2.47. The average Bonchev–Trinajstić information content (AvgIpc) is 2.74. The Hall–Kier alpha value is -2.80. The summed E-state index contributed by atoms with van der Waals surface area (Å²) in [5, 5.41) is 8.94. The highest BCUT2D eigenvalue weighted by Crippen LogP contribution is 2.41. The Balaban J connectivity index is 1.74. The molecule has 0 radical (unpaired) electrons. The molecular formula is C20H24F3N5O4S. The Morgan fingerprint density at radius 3 is 2.58 bits per heavy atom. The van der Waals surface area contributed by atoms with Gasteiger partial charge in [0.05, 0.1) is 0 Å². The zero-order chi connectivity index (χ0) is 24.2. The Morgan fingerprint density at radius 1 is 1.27 bits per heavy atom. The number of piperidine rings is 1. The number of nitrogens with one attached hydrogen (secondary N) is 3. The van der Waals surface area contributed by atoms with Gasteiger partial charge in [0.15, 0.2) is 5.60 Å². The topological polar surface area (TPSA) is 112 Å². The predicted octanol–water partition coefficient (Wildman–Crippen LogP) is 1.83. The molecule has 1 spiro atoms. The van der Waals surface area contributed by atoms with Gasteiger partial charge in [-0.25, -0.2) is 10.2 Å². The van der Waals surface area contributed by atoms with Crippen molar-refractivity contribution >= 4 is 35.4 Å². The molecule has 0 aliphatic carbocycles. The number of carbonyl (C=O) groups excluding carboxylic acids is 3. The number of nitrogens with zero attached hydrogens (tertiary/aromatic N) is 2. The molecule has 0 bridgehead atoms. The van der Waals surface area contributed by atoms with E-state index in [9.17, 15) is 27.6 Å². The van der Waals surface area contributed by atoms with Crippen molar-refractivity contribution in [3.05, 3.63) is 29.8 Å². The molecular weight excluding hydrogens is 463 g/mol. The van der Waals surface area contributed by atoms with E-state index in [1.54, 1.807) is 13.0 Å². The summed E-state index contributed by atoms with van der Waals surface area (Å²) in [6.07, 6.45) is -0.153. The van der Waals surface area contributed by atoms with Crippen LogP contribution >= 0.6 is 11.8 Å². The summed E-state index contributed by atoms with van der Waals surface area (Å²) in [5.74, 6) is -1.48. The Bertz CT molecular complexity index is 948. The van der Waals surface area contributed by atoms with E-state index in [1.165, 1.54) is 25.2 Å². The lowest BCUT2D eigenvalue weighted by Crippen LogP contribution is -2.57. The highest BCUT2D eigenvalue weighted by atomic mass is 32.2. The van der Waals surface area contributed by atoms with E-state index in [4.69, 9.17) is 4.74 Å². The number of amides is 3. The van der Waals surface area contributed by atoms with Crippen LogP contribution in [0.5, 0.6) is 0 Å². The molecule has 2 aliphatic rings. The number of benzene rings is 1. The maximum atomic E-state index is 13.1. The first-order valence-electron chi connectivity index (χ1n) is 10.2. The molecule has 33 heavy (non-hydrogen) atoms. The summed E-state index contributed by atoms with van der Waals surface area (Å²) < 4.78 is 44.9. The molecule has 13 heteroatoms. The van der Waals surface area contributed by atoms with Crippen LogP contribution in [0.15, 0.2) is 34.3 Å². The van der Waals surface area contributed by atoms with E-state index in [1.807, 2.05) is 4.90 Å². The number of thioether (sulfide) groups is 1. The summed E-state index contributed by atoms with van der Waals surface area (Å²) in [6, 6.07) is 5.67. The Labute approximate surface area is 192 Å². The van der Waals surface area contributed by atoms with Gasteiger partial charge in [-0.2, -0.15) is 18.3 Å². The van der Waals surface area contributed by atoms with Gasteiger partial charge in [0, 0.05) is 56.0 Å². The number of likely N-dealkylation sites (tertiary alicyclic amines) is 1. The van der Waals surface area contributed by atoms with Crippen molar-refractivity contribution in [1.29, 1.82) is 0 Å². The monoisotopic (exact) mass is 487 g/mol. The smallest absolute Gasteiger partial charge is 0.435 e. The van der Waals surface area contributed by atoms with Gasteiger partial charge in [-0.05, 0) is 24.8 Å². The van der Waals surface area contributed by atoms with Crippen molar-refractivity contribution in [1.82, 2.24) is 21.0 Å². The normalized spacial score (nSPS) is 19.2. The lowest BCUT2D eigenvalue weighted by Gasteiger charge is -2.43. The molecule has 2 aliphatic heterocycles. The van der Waals surface area contributed by atoms with Gasteiger partial charge >= 0.3 is 23.4 Å². The van der Waals surface area contributed by atoms with E-state index in [2.05, 4.69) is 21.2 Å². The second-order valence-electron chi connectivity index (χ2n) is 7.75. The number of ether oxygens (including phenoxy) is 1. The summed E-state index contributed by atoms with van der Waals surface area (Å²) in [5.41, 5.74) is -2.95. The fourth-order valence-corrected chi connectivity index (χ4v) is 4.58. The third kappa shape index (κ3) is 6.16. The summed E-state index contributed by atoms with van der Waals surface area (Å²) in [4.78, 5) is 37.1. The van der Waals surface area contributed by atoms with Gasteiger partial charge < -0.3 is 20.3 Å². The van der Waals surface area contributed by atoms with Crippen LogP contribution in [-0.4, -0.2) is 72.4 Å². The average molecular weight is 488 g/mol. The third-order valence-electron chi connectivity index (χ3n) is 5.35. The molecule has 1 aromatic rings. The lowest BCUT2D eigenvalue weighted by atomic mass is 9.82. The first-order valence-corrected chi connectivity index (χ1v) is 11.0. The van der Waals surface area contributed by atoms with Gasteiger partial charge in [0.25, 0.3) is 0 Å². The molecule has 1 fully saturated rings. The van der Waals surface area contributed by atoms with Crippen molar-refractivity contribution < 1.29 is 32.3 Å². The summed E-state index contributed by atoms with van der Waals surface area (Å²) in [6.45, 7) is 3.09. The molecule has 180 valence electrons.